The predicted molar refractivity (Wildman–Crippen MR) is 68.7 cm³/mol. The van der Waals surface area contributed by atoms with E-state index >= 15 is 0 Å². The second-order valence-electron chi connectivity index (χ2n) is 6.39. The minimum absolute atomic E-state index is 0.0604. The summed E-state index contributed by atoms with van der Waals surface area (Å²) in [6, 6.07) is 0. The Balaban J connectivity index is 7.25. The molecule has 0 fully saturated rings. The van der Waals surface area contributed by atoms with E-state index < -0.39 is 71.4 Å². The predicted octanol–water partition coefficient (Wildman–Crippen LogP) is 5.56. The molecule has 0 aliphatic rings. The third kappa shape index (κ3) is 3.42. The van der Waals surface area contributed by atoms with Gasteiger partial charge < -0.3 is 10.2 Å². The summed E-state index contributed by atoms with van der Waals surface area (Å²) < 4.78 is 224. The molecule has 0 amide bonds. The third-order valence-electron chi connectivity index (χ3n) is 4.52. The first-order valence-corrected chi connectivity index (χ1v) is 7.63. The van der Waals surface area contributed by atoms with Crippen molar-refractivity contribution in [1.29, 1.82) is 0 Å². The Labute approximate surface area is 174 Å². The first kappa shape index (κ1) is 31.8. The zero-order chi connectivity index (χ0) is 28.4. The third-order valence-corrected chi connectivity index (χ3v) is 4.52. The fraction of sp³-hybridized carbons (Fsp3) is 0.846. The number of alkyl halides is 17. The van der Waals surface area contributed by atoms with Crippen LogP contribution in [-0.2, 0) is 9.59 Å². The van der Waals surface area contributed by atoms with Crippen molar-refractivity contribution in [3.63, 3.8) is 0 Å². The molecule has 2 N–H and O–H groups in total. The van der Waals surface area contributed by atoms with Crippen LogP contribution in [0.4, 0.5) is 74.6 Å². The van der Waals surface area contributed by atoms with Crippen molar-refractivity contribution in [2.75, 3.05) is 0 Å². The minimum Gasteiger partial charge on any atom is -0.480 e. The zero-order valence-electron chi connectivity index (χ0n) is 15.3. The Hall–Kier alpha value is -2.25. The molecule has 202 valence electrons. The van der Waals surface area contributed by atoms with E-state index in [1.54, 1.807) is 0 Å². The molecule has 0 saturated heterocycles. The van der Waals surface area contributed by atoms with Crippen LogP contribution in [0.1, 0.15) is 13.3 Å². The first-order chi connectivity index (χ1) is 14.4. The maximum Gasteiger partial charge on any atom is 0.460 e. The van der Waals surface area contributed by atoms with E-state index in [1.165, 1.54) is 0 Å². The molecule has 0 aromatic heterocycles. The van der Waals surface area contributed by atoms with Gasteiger partial charge in [0.15, 0.2) is 0 Å². The van der Waals surface area contributed by atoms with Crippen LogP contribution in [0.5, 0.6) is 0 Å². The molecule has 0 aliphatic carbocycles. The Morgan fingerprint density at radius 2 is 0.676 bits per heavy atom. The van der Waals surface area contributed by atoms with Gasteiger partial charge >= 0.3 is 59.6 Å². The molecule has 0 radical (unpaired) electrons. The summed E-state index contributed by atoms with van der Waals surface area (Å²) in [5.74, 6) is -67.0. The van der Waals surface area contributed by atoms with Crippen LogP contribution in [0.15, 0.2) is 0 Å². The van der Waals surface area contributed by atoms with Gasteiger partial charge in [-0.05, 0) is 6.42 Å². The fourth-order valence-corrected chi connectivity index (χ4v) is 2.32. The Morgan fingerprint density at radius 3 is 0.853 bits per heavy atom. The van der Waals surface area contributed by atoms with Gasteiger partial charge in [-0.1, -0.05) is 6.92 Å². The van der Waals surface area contributed by atoms with E-state index in [0.717, 1.165) is 0 Å². The number of aliphatic carboxylic acids is 2. The monoisotopic (exact) mass is 550 g/mol. The second kappa shape index (κ2) is 7.89. The summed E-state index contributed by atoms with van der Waals surface area (Å²) in [6.07, 6.45) is -10.3. The van der Waals surface area contributed by atoms with Crippen LogP contribution in [0.3, 0.4) is 0 Å². The van der Waals surface area contributed by atoms with E-state index in [1.807, 2.05) is 0 Å². The lowest BCUT2D eigenvalue weighted by atomic mass is 9.73. The van der Waals surface area contributed by atoms with Gasteiger partial charge in [-0.25, -0.2) is 0 Å². The van der Waals surface area contributed by atoms with Crippen molar-refractivity contribution in [3.05, 3.63) is 0 Å². The number of hydrogen-bond acceptors (Lipinski definition) is 2. The van der Waals surface area contributed by atoms with Gasteiger partial charge in [0.2, 0.25) is 5.41 Å². The normalized spacial score (nSPS) is 15.9. The quantitative estimate of drug-likeness (QED) is 0.276. The van der Waals surface area contributed by atoms with Gasteiger partial charge in [0.25, 0.3) is 0 Å². The highest BCUT2D eigenvalue weighted by atomic mass is 19.4. The summed E-state index contributed by atoms with van der Waals surface area (Å²) >= 11 is 0. The largest absolute Gasteiger partial charge is 0.480 e. The molecular formula is C13H7F17O4. The average Bonchev–Trinajstić information content (AvgIpc) is 2.59. The summed E-state index contributed by atoms with van der Waals surface area (Å²) in [6.45, 7) is -0.0604. The Bertz CT molecular complexity index is 799. The fourth-order valence-electron chi connectivity index (χ4n) is 2.32. The SMILES string of the molecule is CCC(C(=O)O)(C(=O)O)C(F)(F)C(F)(F)C(F)(F)C(F)(F)C(F)(F)C(F)(F)C(F)(F)C(F)(F)F. The Kier molecular flexibility index (Phi) is 7.36. The molecule has 34 heavy (non-hydrogen) atoms. The van der Waals surface area contributed by atoms with Gasteiger partial charge in [0, 0.05) is 0 Å². The van der Waals surface area contributed by atoms with Crippen molar-refractivity contribution in [2.45, 2.75) is 61.0 Å². The van der Waals surface area contributed by atoms with Crippen molar-refractivity contribution in [1.82, 2.24) is 0 Å². The standard InChI is InChI=1S/C13H7F17O4/c1-2-5(3(31)32,4(33)34)6(14,15)7(16,17)8(18,19)9(20,21)10(22,23)11(24,25)12(26,27)13(28,29)30/h2H2,1H3,(H,31,32)(H,33,34). The van der Waals surface area contributed by atoms with Gasteiger partial charge in [-0.2, -0.15) is 74.6 Å². The molecule has 0 unspecified atom stereocenters. The van der Waals surface area contributed by atoms with Gasteiger partial charge in [-0.3, -0.25) is 9.59 Å². The number of carboxylic acid groups (broad SMARTS) is 2. The summed E-state index contributed by atoms with van der Waals surface area (Å²) in [5, 5.41) is 17.1. The molecule has 0 aromatic carbocycles. The number of hydrogen-bond donors (Lipinski definition) is 2. The number of rotatable bonds is 10. The maximum absolute atomic E-state index is 14.1. The van der Waals surface area contributed by atoms with E-state index in [2.05, 4.69) is 0 Å². The molecule has 0 rings (SSSR count). The lowest BCUT2D eigenvalue weighted by Crippen LogP contribution is -2.76. The summed E-state index contributed by atoms with van der Waals surface area (Å²) in [5.41, 5.74) is -5.55. The van der Waals surface area contributed by atoms with Crippen molar-refractivity contribution < 1.29 is 94.4 Å². The summed E-state index contributed by atoms with van der Waals surface area (Å²) in [4.78, 5) is 21.7. The molecule has 0 saturated carbocycles. The second-order valence-corrected chi connectivity index (χ2v) is 6.39. The van der Waals surface area contributed by atoms with Gasteiger partial charge in [0.1, 0.15) is 0 Å². The Morgan fingerprint density at radius 1 is 0.471 bits per heavy atom. The van der Waals surface area contributed by atoms with E-state index in [9.17, 15) is 84.2 Å². The van der Waals surface area contributed by atoms with Crippen LogP contribution >= 0.6 is 0 Å². The molecule has 4 nitrogen and oxygen atoms in total. The van der Waals surface area contributed by atoms with Crippen molar-refractivity contribution >= 4 is 11.9 Å². The van der Waals surface area contributed by atoms with E-state index in [-0.39, 0.29) is 6.92 Å². The molecule has 0 aromatic rings. The highest BCUT2D eigenvalue weighted by molar-refractivity contribution is 5.99. The highest BCUT2D eigenvalue weighted by Crippen LogP contribution is 2.65. The van der Waals surface area contributed by atoms with Crippen LogP contribution in [-0.4, -0.2) is 69.8 Å². The molecule has 0 aliphatic heterocycles. The first-order valence-electron chi connectivity index (χ1n) is 7.63. The van der Waals surface area contributed by atoms with Crippen molar-refractivity contribution in [2.24, 2.45) is 5.41 Å². The number of halogens is 17. The van der Waals surface area contributed by atoms with Crippen LogP contribution < -0.4 is 0 Å². The van der Waals surface area contributed by atoms with Gasteiger partial charge in [0.05, 0.1) is 0 Å². The van der Waals surface area contributed by atoms with Crippen molar-refractivity contribution in [3.8, 4) is 0 Å². The van der Waals surface area contributed by atoms with E-state index in [4.69, 9.17) is 10.2 Å². The maximum atomic E-state index is 14.1. The molecule has 0 heterocycles. The minimum atomic E-state index is -8.93. The highest BCUT2D eigenvalue weighted by Gasteiger charge is 2.96. The number of carbonyl (C=O) groups is 2. The lowest BCUT2D eigenvalue weighted by molar-refractivity contribution is -0.464. The topological polar surface area (TPSA) is 74.6 Å². The van der Waals surface area contributed by atoms with Crippen LogP contribution in [0.25, 0.3) is 0 Å². The molecule has 0 bridgehead atoms. The molecule has 0 spiro atoms. The van der Waals surface area contributed by atoms with E-state index in [0.29, 0.717) is 0 Å². The van der Waals surface area contributed by atoms with Crippen LogP contribution in [0.2, 0.25) is 0 Å². The summed E-state index contributed by atoms with van der Waals surface area (Å²) in [7, 11) is 0. The molecule has 0 atom stereocenters. The lowest BCUT2D eigenvalue weighted by Gasteiger charge is -2.45. The number of carboxylic acids is 2. The van der Waals surface area contributed by atoms with Crippen LogP contribution in [0, 0.1) is 5.41 Å². The average molecular weight is 550 g/mol. The zero-order valence-corrected chi connectivity index (χ0v) is 15.3. The smallest absolute Gasteiger partial charge is 0.460 e. The molecule has 21 heteroatoms. The van der Waals surface area contributed by atoms with Gasteiger partial charge in [-0.15, -0.1) is 0 Å². The molecular weight excluding hydrogens is 543 g/mol.